The van der Waals surface area contributed by atoms with Crippen LogP contribution in [0.25, 0.3) is 11.2 Å². The molecule has 14 nitrogen and oxygen atoms in total. The summed E-state index contributed by atoms with van der Waals surface area (Å²) < 4.78 is 14.2. The number of fused-ring (bicyclic) bond motifs is 1. The highest BCUT2D eigenvalue weighted by molar-refractivity contribution is 5.83. The van der Waals surface area contributed by atoms with Gasteiger partial charge in [0, 0.05) is 34.0 Å². The number of hydrogen-bond donors (Lipinski definition) is 7. The van der Waals surface area contributed by atoms with Crippen LogP contribution in [0.15, 0.2) is 30.6 Å². The molecule has 1 fully saturated rings. The molecule has 4 rings (SSSR count). The van der Waals surface area contributed by atoms with Gasteiger partial charge in [-0.15, -0.1) is 0 Å². The molecular weight excluding hydrogens is 506 g/mol. The van der Waals surface area contributed by atoms with Gasteiger partial charge in [0.2, 0.25) is 11.9 Å². The van der Waals surface area contributed by atoms with Crippen molar-refractivity contribution in [1.29, 1.82) is 0 Å². The lowest BCUT2D eigenvalue weighted by Gasteiger charge is -2.16. The van der Waals surface area contributed by atoms with E-state index in [2.05, 4.69) is 30.9 Å². The minimum absolute atomic E-state index is 0.0212. The highest BCUT2D eigenvalue weighted by Gasteiger charge is 2.47. The molecule has 0 radical (unpaired) electrons. The number of likely N-dealkylation sites (N-methyl/N-ethyl adjacent to an activating group) is 1. The minimum Gasteiger partial charge on any atom is -0.387 e. The summed E-state index contributed by atoms with van der Waals surface area (Å²) in [6, 6.07) is 7.99. The van der Waals surface area contributed by atoms with Crippen LogP contribution < -0.4 is 27.4 Å². The van der Waals surface area contributed by atoms with Crippen LogP contribution in [0, 0.1) is 0 Å². The molecule has 0 aliphatic carbocycles. The van der Waals surface area contributed by atoms with Crippen molar-refractivity contribution in [2.45, 2.75) is 50.7 Å². The number of nitrogens with two attached hydrogens (primary N) is 2. The number of ether oxygens (including phenoxy) is 1. The van der Waals surface area contributed by atoms with Gasteiger partial charge in [-0.05, 0) is 30.9 Å². The molecule has 0 bridgehead atoms. The maximum atomic E-state index is 12.3. The first-order valence-corrected chi connectivity index (χ1v) is 12.7. The molecule has 3 aromatic rings. The number of aliphatic hydroxyl groups excluding tert-OH is 2. The van der Waals surface area contributed by atoms with Crippen molar-refractivity contribution in [2.75, 3.05) is 37.2 Å². The van der Waals surface area contributed by atoms with E-state index < -0.39 is 30.4 Å². The average Bonchev–Trinajstić information content (AvgIpc) is 3.50. The molecule has 1 aliphatic heterocycles. The van der Waals surface area contributed by atoms with Gasteiger partial charge in [0.15, 0.2) is 23.8 Å². The van der Waals surface area contributed by atoms with Crippen molar-refractivity contribution in [2.24, 2.45) is 5.73 Å². The van der Waals surface area contributed by atoms with Gasteiger partial charge in [-0.25, -0.2) is 4.98 Å². The Morgan fingerprint density at radius 1 is 1.10 bits per heavy atom. The second-order valence-electron chi connectivity index (χ2n) is 9.11. The summed E-state index contributed by atoms with van der Waals surface area (Å²) in [5.74, 6) is -0.288. The lowest BCUT2D eigenvalue weighted by molar-refractivity contribution is -0.137. The molecule has 39 heavy (non-hydrogen) atoms. The predicted molar refractivity (Wildman–Crippen MR) is 143 cm³/mol. The van der Waals surface area contributed by atoms with Crippen molar-refractivity contribution in [3.8, 4) is 0 Å². The van der Waals surface area contributed by atoms with Crippen LogP contribution in [-0.2, 0) is 27.2 Å². The second-order valence-corrected chi connectivity index (χ2v) is 9.11. The summed E-state index contributed by atoms with van der Waals surface area (Å²) in [6.07, 6.45) is -2.30. The van der Waals surface area contributed by atoms with E-state index in [1.54, 1.807) is 0 Å². The summed E-state index contributed by atoms with van der Waals surface area (Å²) in [5.41, 5.74) is 14.2. The quantitative estimate of drug-likeness (QED) is 0.145. The van der Waals surface area contributed by atoms with Gasteiger partial charge >= 0.3 is 0 Å². The Hall–Kier alpha value is -3.85. The van der Waals surface area contributed by atoms with Crippen molar-refractivity contribution in [3.63, 3.8) is 0 Å². The first-order valence-electron chi connectivity index (χ1n) is 13.4. The number of imidazole rings is 1. The van der Waals surface area contributed by atoms with Gasteiger partial charge in [-0.1, -0.05) is 24.3 Å². The smallest absolute Gasteiger partial charge is 0.252 e. The third-order valence-corrected chi connectivity index (χ3v) is 6.35. The first-order chi connectivity index (χ1) is 19.3. The number of nitrogens with one attached hydrogen (secondary N) is 3. The topological polar surface area (TPSA) is 216 Å². The monoisotopic (exact) mass is 542 g/mol. The Labute approximate surface area is 226 Å². The highest BCUT2D eigenvalue weighted by atomic mass is 16.6. The molecule has 2 aromatic heterocycles. The number of rotatable bonds is 12. The van der Waals surface area contributed by atoms with Crippen LogP contribution in [0.4, 0.5) is 11.8 Å². The third-order valence-electron chi connectivity index (χ3n) is 6.35. The Kier molecular flexibility index (Phi) is 8.78. The highest BCUT2D eigenvalue weighted by Crippen LogP contribution is 2.32. The van der Waals surface area contributed by atoms with E-state index in [9.17, 15) is 19.8 Å². The van der Waals surface area contributed by atoms with Crippen LogP contribution in [0.3, 0.4) is 0 Å². The molecule has 1 unspecified atom stereocenters. The number of anilines is 2. The van der Waals surface area contributed by atoms with E-state index in [0.29, 0.717) is 38.9 Å². The van der Waals surface area contributed by atoms with Gasteiger partial charge in [0.05, 0.1) is 6.33 Å². The molecule has 0 spiro atoms. The van der Waals surface area contributed by atoms with Crippen molar-refractivity contribution < 1.29 is 25.9 Å². The maximum Gasteiger partial charge on any atom is 0.252 e. The SMILES string of the molecule is [2H]CCNC(=O)[C@H]1OC(n2cnc3c(N)nc(NCCc4ccc(CCC(=O)NCCN)cc4)nc32)[C@H](O)[C@@H]1O. The van der Waals surface area contributed by atoms with Crippen LogP contribution in [0.1, 0.15) is 32.0 Å². The Morgan fingerprint density at radius 2 is 1.85 bits per heavy atom. The summed E-state index contributed by atoms with van der Waals surface area (Å²) in [6.45, 7) is 1.46. The van der Waals surface area contributed by atoms with Gasteiger partial charge in [0.25, 0.3) is 5.91 Å². The number of amides is 2. The van der Waals surface area contributed by atoms with Gasteiger partial charge in [-0.2, -0.15) is 9.97 Å². The van der Waals surface area contributed by atoms with Crippen molar-refractivity contribution in [3.05, 3.63) is 41.7 Å². The van der Waals surface area contributed by atoms with Gasteiger partial charge in [0.1, 0.15) is 17.7 Å². The predicted octanol–water partition coefficient (Wildman–Crippen LogP) is -1.17. The number of nitrogen functional groups attached to an aromatic ring is 1. The maximum absolute atomic E-state index is 12.3. The Morgan fingerprint density at radius 3 is 2.56 bits per heavy atom. The normalized spacial score (nSPS) is 21.1. The van der Waals surface area contributed by atoms with Crippen molar-refractivity contribution in [1.82, 2.24) is 30.2 Å². The molecule has 1 aliphatic rings. The molecule has 0 saturated carbocycles. The number of hydrogen-bond acceptors (Lipinski definition) is 11. The lowest BCUT2D eigenvalue weighted by Crippen LogP contribution is -2.42. The summed E-state index contributed by atoms with van der Waals surface area (Å²) in [7, 11) is 0. The number of aryl methyl sites for hydroxylation is 1. The number of nitrogens with zero attached hydrogens (tertiary/aromatic N) is 4. The lowest BCUT2D eigenvalue weighted by atomic mass is 10.1. The van der Waals surface area contributed by atoms with Crippen LogP contribution in [0.5, 0.6) is 0 Å². The molecule has 210 valence electrons. The molecule has 3 heterocycles. The number of carbonyl (C=O) groups is 2. The Bertz CT molecular complexity index is 1310. The minimum atomic E-state index is -1.48. The van der Waals surface area contributed by atoms with E-state index in [1.807, 2.05) is 24.3 Å². The third kappa shape index (κ3) is 6.60. The largest absolute Gasteiger partial charge is 0.387 e. The fourth-order valence-electron chi connectivity index (χ4n) is 4.28. The summed E-state index contributed by atoms with van der Waals surface area (Å²) >= 11 is 0. The zero-order valence-corrected chi connectivity index (χ0v) is 21.4. The second kappa shape index (κ2) is 12.8. The zero-order valence-electron chi connectivity index (χ0n) is 22.4. The Balaban J connectivity index is 1.37. The fraction of sp³-hybridized carbons (Fsp3) is 0.480. The average molecular weight is 543 g/mol. The summed E-state index contributed by atoms with van der Waals surface area (Å²) in [5, 5.41) is 29.4. The standard InChI is InChI=1S/C25H35N9O5/c1-2-28-23(38)20-18(36)19(37)24(39-20)34-13-31-17-21(27)32-25(33-22(17)34)30-11-9-15-5-3-14(4-6-15)7-8-16(35)29-12-10-26/h3-6,13,18-20,24,36-37H,2,7-12,26H2,1H3,(H,28,38)(H,29,35)(H3,27,30,32,33)/t18-,19+,20-,24?/m0/s1/i1D. The van der Waals surface area contributed by atoms with E-state index in [1.165, 1.54) is 10.9 Å². The first kappa shape index (κ1) is 26.7. The zero-order chi connectivity index (χ0) is 28.6. The molecule has 1 saturated heterocycles. The van der Waals surface area contributed by atoms with E-state index in [4.69, 9.17) is 17.6 Å². The van der Waals surface area contributed by atoms with Gasteiger partial charge in [-0.3, -0.25) is 14.2 Å². The summed E-state index contributed by atoms with van der Waals surface area (Å²) in [4.78, 5) is 37.0. The molecule has 1 aromatic carbocycles. The van der Waals surface area contributed by atoms with Crippen LogP contribution in [-0.4, -0.2) is 86.0 Å². The van der Waals surface area contributed by atoms with Crippen LogP contribution >= 0.6 is 0 Å². The van der Waals surface area contributed by atoms with Gasteiger partial charge < -0.3 is 42.4 Å². The number of benzene rings is 1. The number of aliphatic hydroxyl groups is 2. The fourth-order valence-corrected chi connectivity index (χ4v) is 4.28. The van der Waals surface area contributed by atoms with E-state index >= 15 is 0 Å². The molecule has 2 amide bonds. The van der Waals surface area contributed by atoms with Crippen LogP contribution in [0.2, 0.25) is 0 Å². The van der Waals surface area contributed by atoms with E-state index in [0.717, 1.165) is 11.1 Å². The molecule has 4 atom stereocenters. The molecule has 9 N–H and O–H groups in total. The number of aromatic nitrogens is 4. The molecule has 14 heteroatoms. The van der Waals surface area contributed by atoms with Crippen molar-refractivity contribution >= 4 is 34.7 Å². The number of carbonyl (C=O) groups excluding carboxylic acids is 2. The molecular formula is C25H35N9O5. The van der Waals surface area contributed by atoms with E-state index in [-0.39, 0.29) is 42.3 Å².